The van der Waals surface area contributed by atoms with E-state index in [1.165, 1.54) is 16.5 Å². The van der Waals surface area contributed by atoms with Gasteiger partial charge in [0.05, 0.1) is 6.54 Å². The molecule has 1 aromatic carbocycles. The summed E-state index contributed by atoms with van der Waals surface area (Å²) in [6.07, 6.45) is 6.16. The minimum Gasteiger partial charge on any atom is -0.369 e. The van der Waals surface area contributed by atoms with Crippen molar-refractivity contribution in [2.75, 3.05) is 33.2 Å². The van der Waals surface area contributed by atoms with Crippen molar-refractivity contribution in [2.24, 2.45) is 10.7 Å². The molecule has 27 heavy (non-hydrogen) atoms. The number of H-pyrrole nitrogens is 1. The van der Waals surface area contributed by atoms with Crippen LogP contribution in [0.1, 0.15) is 24.8 Å². The summed E-state index contributed by atoms with van der Waals surface area (Å²) >= 11 is 0. The van der Waals surface area contributed by atoms with Crippen LogP contribution in [0.5, 0.6) is 0 Å². The predicted molar refractivity (Wildman–Crippen MR) is 110 cm³/mol. The van der Waals surface area contributed by atoms with Crippen molar-refractivity contribution in [2.45, 2.75) is 31.7 Å². The fourth-order valence-electron chi connectivity index (χ4n) is 3.67. The summed E-state index contributed by atoms with van der Waals surface area (Å²) in [6.45, 7) is 3.00. The van der Waals surface area contributed by atoms with E-state index in [4.69, 9.17) is 5.73 Å². The van der Waals surface area contributed by atoms with Crippen molar-refractivity contribution >= 4 is 22.8 Å². The molecule has 7 heteroatoms. The highest BCUT2D eigenvalue weighted by Gasteiger charge is 2.20. The molecule has 1 fully saturated rings. The number of nitrogens with two attached hydrogens (primary N) is 1. The summed E-state index contributed by atoms with van der Waals surface area (Å²) < 4.78 is 0. The molecule has 0 unspecified atom stereocenters. The first-order valence-electron chi connectivity index (χ1n) is 9.68. The maximum Gasteiger partial charge on any atom is 0.231 e. The quantitative estimate of drug-likeness (QED) is 0.335. The van der Waals surface area contributed by atoms with Gasteiger partial charge in [-0.3, -0.25) is 14.7 Å². The zero-order chi connectivity index (χ0) is 19.1. The second-order valence-electron chi connectivity index (χ2n) is 7.12. The lowest BCUT2D eigenvalue weighted by Gasteiger charge is -2.32. The van der Waals surface area contributed by atoms with E-state index in [-0.39, 0.29) is 5.91 Å². The molecule has 0 saturated carbocycles. The second kappa shape index (κ2) is 9.41. The SMILES string of the molecule is CN=C(NCCCc1c[nH]c2ccccc12)NC1CCN(CC(N)=O)CC1. The zero-order valence-corrected chi connectivity index (χ0v) is 16.0. The molecule has 0 spiro atoms. The normalized spacial score (nSPS) is 16.6. The lowest BCUT2D eigenvalue weighted by atomic mass is 10.1. The number of aryl methyl sites for hydroxylation is 1. The summed E-state index contributed by atoms with van der Waals surface area (Å²) in [7, 11) is 1.80. The van der Waals surface area contributed by atoms with Gasteiger partial charge in [0.25, 0.3) is 0 Å². The average molecular weight is 371 g/mol. The van der Waals surface area contributed by atoms with E-state index in [1.54, 1.807) is 7.05 Å². The summed E-state index contributed by atoms with van der Waals surface area (Å²) in [5.41, 5.74) is 7.82. The smallest absolute Gasteiger partial charge is 0.231 e. The maximum absolute atomic E-state index is 11.0. The van der Waals surface area contributed by atoms with Gasteiger partial charge in [0, 0.05) is 49.8 Å². The number of piperidine rings is 1. The Morgan fingerprint density at radius 1 is 1.33 bits per heavy atom. The van der Waals surface area contributed by atoms with Crippen molar-refractivity contribution < 1.29 is 4.79 Å². The van der Waals surface area contributed by atoms with Crippen molar-refractivity contribution in [3.05, 3.63) is 36.0 Å². The van der Waals surface area contributed by atoms with Gasteiger partial charge in [-0.1, -0.05) is 18.2 Å². The van der Waals surface area contributed by atoms with Gasteiger partial charge in [-0.2, -0.15) is 0 Å². The van der Waals surface area contributed by atoms with Crippen LogP contribution in [0.2, 0.25) is 0 Å². The number of primary amides is 1. The molecule has 1 amide bonds. The molecule has 1 aliphatic heterocycles. The standard InChI is InChI=1S/C20H30N6O/c1-22-20(25-16-8-11-26(12-9-16)14-19(21)27)23-10-4-5-15-13-24-18-7-3-2-6-17(15)18/h2-3,6-7,13,16,24H,4-5,8-12,14H2,1H3,(H2,21,27)(H2,22,23,25). The number of amides is 1. The largest absolute Gasteiger partial charge is 0.369 e. The molecule has 1 aliphatic rings. The minimum absolute atomic E-state index is 0.255. The Kier molecular flexibility index (Phi) is 6.70. The Morgan fingerprint density at radius 2 is 2.11 bits per heavy atom. The number of hydrogen-bond donors (Lipinski definition) is 4. The van der Waals surface area contributed by atoms with E-state index in [0.29, 0.717) is 12.6 Å². The maximum atomic E-state index is 11.0. The van der Waals surface area contributed by atoms with Gasteiger partial charge < -0.3 is 21.4 Å². The number of rotatable bonds is 7. The topological polar surface area (TPSA) is 98.5 Å². The summed E-state index contributed by atoms with van der Waals surface area (Å²) in [5, 5.41) is 8.21. The Labute approximate surface area is 160 Å². The van der Waals surface area contributed by atoms with Crippen LogP contribution >= 0.6 is 0 Å². The summed E-state index contributed by atoms with van der Waals surface area (Å²) in [5.74, 6) is 0.594. The van der Waals surface area contributed by atoms with Gasteiger partial charge in [0.15, 0.2) is 5.96 Å². The van der Waals surface area contributed by atoms with E-state index in [1.807, 2.05) is 0 Å². The fourth-order valence-corrected chi connectivity index (χ4v) is 3.67. The van der Waals surface area contributed by atoms with Gasteiger partial charge in [-0.15, -0.1) is 0 Å². The van der Waals surface area contributed by atoms with Crippen LogP contribution < -0.4 is 16.4 Å². The van der Waals surface area contributed by atoms with Crippen LogP contribution in [0.3, 0.4) is 0 Å². The number of carbonyl (C=O) groups is 1. The first-order chi connectivity index (χ1) is 13.2. The number of benzene rings is 1. The predicted octanol–water partition coefficient (Wildman–Crippen LogP) is 1.22. The van der Waals surface area contributed by atoms with Gasteiger partial charge >= 0.3 is 0 Å². The number of para-hydroxylation sites is 1. The lowest BCUT2D eigenvalue weighted by molar-refractivity contribution is -0.119. The number of nitrogens with zero attached hydrogens (tertiary/aromatic N) is 2. The number of aromatic nitrogens is 1. The van der Waals surface area contributed by atoms with Crippen LogP contribution in [0.25, 0.3) is 10.9 Å². The number of hydrogen-bond acceptors (Lipinski definition) is 3. The van der Waals surface area contributed by atoms with E-state index in [2.05, 4.69) is 56.0 Å². The third-order valence-corrected chi connectivity index (χ3v) is 5.12. The number of fused-ring (bicyclic) bond motifs is 1. The molecule has 146 valence electrons. The number of aliphatic imine (C=N–C) groups is 1. The molecular formula is C20H30N6O. The molecule has 7 nitrogen and oxygen atoms in total. The fraction of sp³-hybridized carbons (Fsp3) is 0.500. The van der Waals surface area contributed by atoms with Crippen molar-refractivity contribution in [1.82, 2.24) is 20.5 Å². The highest BCUT2D eigenvalue weighted by Crippen LogP contribution is 2.18. The Balaban J connectivity index is 1.38. The van der Waals surface area contributed by atoms with Crippen LogP contribution in [0, 0.1) is 0 Å². The highest BCUT2D eigenvalue weighted by atomic mass is 16.1. The number of guanidine groups is 1. The monoisotopic (exact) mass is 370 g/mol. The van der Waals surface area contributed by atoms with Gasteiger partial charge in [-0.25, -0.2) is 0 Å². The molecule has 0 bridgehead atoms. The van der Waals surface area contributed by atoms with Gasteiger partial charge in [0.1, 0.15) is 0 Å². The molecule has 5 N–H and O–H groups in total. The van der Waals surface area contributed by atoms with Crippen LogP contribution in [-0.2, 0) is 11.2 Å². The first kappa shape index (κ1) is 19.2. The molecule has 0 radical (unpaired) electrons. The lowest BCUT2D eigenvalue weighted by Crippen LogP contribution is -2.49. The van der Waals surface area contributed by atoms with E-state index < -0.39 is 0 Å². The molecular weight excluding hydrogens is 340 g/mol. The summed E-state index contributed by atoms with van der Waals surface area (Å²) in [4.78, 5) is 20.8. The van der Waals surface area contributed by atoms with Gasteiger partial charge in [-0.05, 0) is 37.3 Å². The Hall–Kier alpha value is -2.54. The number of likely N-dealkylation sites (tertiary alicyclic amines) is 1. The van der Waals surface area contributed by atoms with E-state index >= 15 is 0 Å². The molecule has 0 atom stereocenters. The molecule has 3 rings (SSSR count). The van der Waals surface area contributed by atoms with Crippen LogP contribution in [-0.4, -0.2) is 61.0 Å². The average Bonchev–Trinajstić information content (AvgIpc) is 3.08. The number of carbonyl (C=O) groups excluding carboxylic acids is 1. The van der Waals surface area contributed by atoms with Crippen molar-refractivity contribution in [3.8, 4) is 0 Å². The highest BCUT2D eigenvalue weighted by molar-refractivity contribution is 5.83. The Morgan fingerprint density at radius 3 is 2.85 bits per heavy atom. The Bertz CT molecular complexity index is 776. The van der Waals surface area contributed by atoms with E-state index in [9.17, 15) is 4.79 Å². The van der Waals surface area contributed by atoms with E-state index in [0.717, 1.165) is 51.3 Å². The third-order valence-electron chi connectivity index (χ3n) is 5.12. The minimum atomic E-state index is -0.255. The third kappa shape index (κ3) is 5.47. The van der Waals surface area contributed by atoms with Crippen LogP contribution in [0.4, 0.5) is 0 Å². The van der Waals surface area contributed by atoms with Crippen molar-refractivity contribution in [3.63, 3.8) is 0 Å². The van der Waals surface area contributed by atoms with Crippen molar-refractivity contribution in [1.29, 1.82) is 0 Å². The molecule has 1 aromatic heterocycles. The molecule has 0 aliphatic carbocycles. The molecule has 2 aromatic rings. The number of aromatic amines is 1. The van der Waals surface area contributed by atoms with Gasteiger partial charge in [0.2, 0.25) is 5.91 Å². The second-order valence-corrected chi connectivity index (χ2v) is 7.12. The zero-order valence-electron chi connectivity index (χ0n) is 16.0. The summed E-state index contributed by atoms with van der Waals surface area (Å²) in [6, 6.07) is 8.79. The first-order valence-corrected chi connectivity index (χ1v) is 9.68. The molecule has 2 heterocycles. The van der Waals surface area contributed by atoms with Crippen LogP contribution in [0.15, 0.2) is 35.5 Å². The molecule has 1 saturated heterocycles. The number of nitrogens with one attached hydrogen (secondary N) is 3.